The standard InChI is InChI=1S/C20H19N3O6S/c24-17(30-15-7-2-1-3-8-15)10-9-16-18(21-19(16)25)22-20(26)29-12-13-5-4-6-14(11-13)23(27)28/h1-8,11,16,18H,9-10,12H2,(H,21,25)(H,22,26)/t16-,18-/m1/s1. The molecule has 1 fully saturated rings. The van der Waals surface area contributed by atoms with Crippen LogP contribution in [0.2, 0.25) is 0 Å². The van der Waals surface area contributed by atoms with Crippen molar-refractivity contribution < 1.29 is 24.0 Å². The second-order valence-electron chi connectivity index (χ2n) is 6.57. The number of ether oxygens (including phenoxy) is 1. The van der Waals surface area contributed by atoms with E-state index >= 15 is 0 Å². The average molecular weight is 429 g/mol. The molecule has 30 heavy (non-hydrogen) atoms. The number of non-ortho nitro benzene ring substituents is 1. The van der Waals surface area contributed by atoms with Gasteiger partial charge in [-0.15, -0.1) is 0 Å². The summed E-state index contributed by atoms with van der Waals surface area (Å²) in [5, 5.41) is 15.8. The maximum Gasteiger partial charge on any atom is 0.409 e. The molecule has 1 heterocycles. The number of rotatable bonds is 8. The molecular weight excluding hydrogens is 410 g/mol. The molecule has 2 atom stereocenters. The normalized spacial score (nSPS) is 17.4. The van der Waals surface area contributed by atoms with E-state index in [9.17, 15) is 24.5 Å². The van der Waals surface area contributed by atoms with Crippen molar-refractivity contribution in [3.8, 4) is 0 Å². The first kappa shape index (κ1) is 21.3. The summed E-state index contributed by atoms with van der Waals surface area (Å²) < 4.78 is 5.06. The lowest BCUT2D eigenvalue weighted by Gasteiger charge is -2.36. The molecule has 2 aromatic carbocycles. The fourth-order valence-electron chi connectivity index (χ4n) is 2.87. The van der Waals surface area contributed by atoms with Crippen molar-refractivity contribution in [2.45, 2.75) is 30.5 Å². The van der Waals surface area contributed by atoms with Gasteiger partial charge in [0.2, 0.25) is 5.91 Å². The van der Waals surface area contributed by atoms with E-state index in [4.69, 9.17) is 4.74 Å². The van der Waals surface area contributed by atoms with Gasteiger partial charge in [0.25, 0.3) is 5.69 Å². The second kappa shape index (κ2) is 9.88. The third kappa shape index (κ3) is 5.80. The largest absolute Gasteiger partial charge is 0.445 e. The van der Waals surface area contributed by atoms with Gasteiger partial charge in [0.15, 0.2) is 5.12 Å². The Kier molecular flexibility index (Phi) is 7.02. The average Bonchev–Trinajstić information content (AvgIpc) is 2.73. The van der Waals surface area contributed by atoms with Crippen molar-refractivity contribution in [1.29, 1.82) is 0 Å². The molecule has 0 aromatic heterocycles. The Morgan fingerprint density at radius 1 is 1.17 bits per heavy atom. The molecular formula is C20H19N3O6S. The number of nitro benzene ring substituents is 1. The highest BCUT2D eigenvalue weighted by Crippen LogP contribution is 2.25. The van der Waals surface area contributed by atoms with Crippen LogP contribution in [-0.4, -0.2) is 28.2 Å². The van der Waals surface area contributed by atoms with Crippen LogP contribution >= 0.6 is 11.8 Å². The maximum absolute atomic E-state index is 12.1. The fourth-order valence-corrected chi connectivity index (χ4v) is 3.65. The summed E-state index contributed by atoms with van der Waals surface area (Å²) in [5.41, 5.74) is 0.373. The van der Waals surface area contributed by atoms with Gasteiger partial charge in [-0.2, -0.15) is 0 Å². The van der Waals surface area contributed by atoms with Crippen molar-refractivity contribution in [2.24, 2.45) is 5.92 Å². The number of nitrogens with zero attached hydrogens (tertiary/aromatic N) is 1. The first-order chi connectivity index (χ1) is 14.4. The number of hydrogen-bond donors (Lipinski definition) is 2. The van der Waals surface area contributed by atoms with Crippen LogP contribution in [0.5, 0.6) is 0 Å². The summed E-state index contributed by atoms with van der Waals surface area (Å²) in [7, 11) is 0. The summed E-state index contributed by atoms with van der Waals surface area (Å²) in [6, 6.07) is 15.0. The molecule has 3 rings (SSSR count). The van der Waals surface area contributed by atoms with Crippen molar-refractivity contribution >= 4 is 34.6 Å². The topological polar surface area (TPSA) is 128 Å². The first-order valence-electron chi connectivity index (χ1n) is 9.15. The Labute approximate surface area is 176 Å². The molecule has 2 aromatic rings. The third-order valence-corrected chi connectivity index (χ3v) is 5.38. The lowest BCUT2D eigenvalue weighted by atomic mass is 9.92. The predicted octanol–water partition coefficient (Wildman–Crippen LogP) is 2.99. The number of carbonyl (C=O) groups is 3. The van der Waals surface area contributed by atoms with Crippen molar-refractivity contribution in [2.75, 3.05) is 0 Å². The van der Waals surface area contributed by atoms with Crippen LogP contribution in [0.1, 0.15) is 18.4 Å². The molecule has 0 spiro atoms. The minimum absolute atomic E-state index is 0.0621. The number of hydrogen-bond acceptors (Lipinski definition) is 7. The molecule has 0 unspecified atom stereocenters. The van der Waals surface area contributed by atoms with Gasteiger partial charge in [-0.1, -0.05) is 42.1 Å². The Hall–Kier alpha value is -3.40. The van der Waals surface area contributed by atoms with Gasteiger partial charge < -0.3 is 15.4 Å². The Morgan fingerprint density at radius 2 is 1.93 bits per heavy atom. The number of carbonyl (C=O) groups excluding carboxylic acids is 3. The molecule has 156 valence electrons. The monoisotopic (exact) mass is 429 g/mol. The van der Waals surface area contributed by atoms with Crippen LogP contribution in [-0.2, 0) is 20.9 Å². The highest BCUT2D eigenvalue weighted by molar-refractivity contribution is 8.13. The summed E-state index contributed by atoms with van der Waals surface area (Å²) in [6.07, 6.45) is -0.884. The zero-order valence-corrected chi connectivity index (χ0v) is 16.6. The highest BCUT2D eigenvalue weighted by Gasteiger charge is 2.40. The van der Waals surface area contributed by atoms with Gasteiger partial charge in [-0.05, 0) is 24.1 Å². The van der Waals surface area contributed by atoms with Gasteiger partial charge in [-0.3, -0.25) is 19.7 Å². The number of thioether (sulfide) groups is 1. The Balaban J connectivity index is 1.43. The predicted molar refractivity (Wildman–Crippen MR) is 108 cm³/mol. The zero-order chi connectivity index (χ0) is 21.5. The van der Waals surface area contributed by atoms with E-state index in [1.807, 2.05) is 30.3 Å². The minimum Gasteiger partial charge on any atom is -0.445 e. The maximum atomic E-state index is 12.1. The number of benzene rings is 2. The quantitative estimate of drug-likeness (QED) is 0.286. The van der Waals surface area contributed by atoms with E-state index < -0.39 is 23.1 Å². The number of alkyl carbamates (subject to hydrolysis) is 1. The molecule has 0 saturated carbocycles. The van der Waals surface area contributed by atoms with E-state index in [1.165, 1.54) is 18.2 Å². The van der Waals surface area contributed by atoms with Crippen LogP contribution in [0.4, 0.5) is 10.5 Å². The summed E-state index contributed by atoms with van der Waals surface area (Å²) >= 11 is 1.11. The Bertz CT molecular complexity index is 953. The number of amides is 2. The van der Waals surface area contributed by atoms with E-state index in [0.717, 1.165) is 16.7 Å². The molecule has 2 amide bonds. The number of nitro groups is 1. The van der Waals surface area contributed by atoms with Gasteiger partial charge in [0, 0.05) is 23.4 Å². The minimum atomic E-state index is -0.763. The molecule has 10 heteroatoms. The van der Waals surface area contributed by atoms with E-state index in [0.29, 0.717) is 12.0 Å². The molecule has 0 aliphatic carbocycles. The van der Waals surface area contributed by atoms with Crippen LogP contribution in [0.3, 0.4) is 0 Å². The van der Waals surface area contributed by atoms with E-state index in [2.05, 4.69) is 10.6 Å². The SMILES string of the molecule is O=C(N[C@H]1NC(=O)[C@@H]1CCC(=O)Sc1ccccc1)OCc1cccc([N+](=O)[O-])c1. The number of nitrogens with one attached hydrogen (secondary N) is 2. The van der Waals surface area contributed by atoms with Crippen LogP contribution in [0.15, 0.2) is 59.5 Å². The molecule has 2 N–H and O–H groups in total. The van der Waals surface area contributed by atoms with E-state index in [1.54, 1.807) is 6.07 Å². The van der Waals surface area contributed by atoms with Crippen LogP contribution in [0.25, 0.3) is 0 Å². The fraction of sp³-hybridized carbons (Fsp3) is 0.250. The van der Waals surface area contributed by atoms with Crippen LogP contribution in [0, 0.1) is 16.0 Å². The second-order valence-corrected chi connectivity index (χ2v) is 7.70. The van der Waals surface area contributed by atoms with Crippen molar-refractivity contribution in [3.05, 3.63) is 70.3 Å². The molecule has 0 radical (unpaired) electrons. The van der Waals surface area contributed by atoms with Gasteiger partial charge in [0.05, 0.1) is 10.8 Å². The summed E-state index contributed by atoms with van der Waals surface area (Å²) in [4.78, 5) is 47.0. The summed E-state index contributed by atoms with van der Waals surface area (Å²) in [5.74, 6) is -0.757. The molecule has 1 aliphatic heterocycles. The lowest BCUT2D eigenvalue weighted by molar-refractivity contribution is -0.384. The first-order valence-corrected chi connectivity index (χ1v) is 9.97. The number of β-lactam (4-membered cyclic amide) rings is 1. The smallest absolute Gasteiger partial charge is 0.409 e. The van der Waals surface area contributed by atoms with Gasteiger partial charge in [0.1, 0.15) is 12.8 Å². The van der Waals surface area contributed by atoms with E-state index in [-0.39, 0.29) is 29.7 Å². The zero-order valence-electron chi connectivity index (χ0n) is 15.8. The molecule has 0 bridgehead atoms. The highest BCUT2D eigenvalue weighted by atomic mass is 32.2. The molecule has 1 aliphatic rings. The van der Waals surface area contributed by atoms with Crippen molar-refractivity contribution in [1.82, 2.24) is 10.6 Å². The molecule has 9 nitrogen and oxygen atoms in total. The third-order valence-electron chi connectivity index (χ3n) is 4.44. The lowest BCUT2D eigenvalue weighted by Crippen LogP contribution is -2.65. The van der Waals surface area contributed by atoms with Gasteiger partial charge >= 0.3 is 6.09 Å². The van der Waals surface area contributed by atoms with Crippen LogP contribution < -0.4 is 10.6 Å². The van der Waals surface area contributed by atoms with Crippen molar-refractivity contribution in [3.63, 3.8) is 0 Å². The van der Waals surface area contributed by atoms with Gasteiger partial charge in [-0.25, -0.2) is 4.79 Å². The summed E-state index contributed by atoms with van der Waals surface area (Å²) in [6.45, 7) is -0.148. The molecule has 1 saturated heterocycles. The Morgan fingerprint density at radius 3 is 2.63 bits per heavy atom.